The van der Waals surface area contributed by atoms with Crippen LogP contribution in [-0.4, -0.2) is 37.6 Å². The molecule has 1 rings (SSSR count). The van der Waals surface area contributed by atoms with E-state index in [4.69, 9.17) is 4.74 Å². The summed E-state index contributed by atoms with van der Waals surface area (Å²) in [4.78, 5) is 13.7. The summed E-state index contributed by atoms with van der Waals surface area (Å²) in [6, 6.07) is 0. The second-order valence-electron chi connectivity index (χ2n) is 6.06. The van der Waals surface area contributed by atoms with Crippen LogP contribution in [0.15, 0.2) is 0 Å². The average molecular weight is 283 g/mol. The standard InChI is InChI=1S/C17H33NO2/c1-20-17(19)13-12-16-18-14-10-8-6-4-2-3-5-7-9-11-15-18/h2-16H2,1H3. The Morgan fingerprint density at radius 2 is 1.30 bits per heavy atom. The molecule has 0 unspecified atom stereocenters. The summed E-state index contributed by atoms with van der Waals surface area (Å²) < 4.78 is 4.71. The molecule has 0 aromatic heterocycles. The first-order chi connectivity index (χ1) is 9.83. The molecule has 0 atom stereocenters. The monoisotopic (exact) mass is 283 g/mol. The third kappa shape index (κ3) is 9.35. The molecule has 1 aliphatic rings. The van der Waals surface area contributed by atoms with Gasteiger partial charge in [-0.05, 0) is 38.9 Å². The van der Waals surface area contributed by atoms with Gasteiger partial charge in [0.2, 0.25) is 0 Å². The van der Waals surface area contributed by atoms with Gasteiger partial charge in [0.15, 0.2) is 0 Å². The molecule has 3 heteroatoms. The van der Waals surface area contributed by atoms with Crippen LogP contribution >= 0.6 is 0 Å². The van der Waals surface area contributed by atoms with E-state index in [2.05, 4.69) is 4.90 Å². The highest BCUT2D eigenvalue weighted by atomic mass is 16.5. The Labute approximate surface area is 125 Å². The van der Waals surface area contributed by atoms with Crippen LogP contribution < -0.4 is 0 Å². The minimum atomic E-state index is -0.0733. The zero-order chi connectivity index (χ0) is 14.5. The minimum Gasteiger partial charge on any atom is -0.469 e. The second-order valence-corrected chi connectivity index (χ2v) is 6.06. The van der Waals surface area contributed by atoms with Crippen molar-refractivity contribution in [3.63, 3.8) is 0 Å². The van der Waals surface area contributed by atoms with Crippen LogP contribution in [0.25, 0.3) is 0 Å². The van der Waals surface area contributed by atoms with Gasteiger partial charge in [-0.2, -0.15) is 0 Å². The van der Waals surface area contributed by atoms with Gasteiger partial charge >= 0.3 is 5.97 Å². The molecule has 0 amide bonds. The molecule has 0 radical (unpaired) electrons. The highest BCUT2D eigenvalue weighted by Gasteiger charge is 2.07. The summed E-state index contributed by atoms with van der Waals surface area (Å²) in [6.45, 7) is 3.47. The van der Waals surface area contributed by atoms with Crippen molar-refractivity contribution in [1.82, 2.24) is 4.90 Å². The Bertz CT molecular complexity index is 229. The van der Waals surface area contributed by atoms with Gasteiger partial charge in [0, 0.05) is 6.42 Å². The van der Waals surface area contributed by atoms with Crippen molar-refractivity contribution in [2.24, 2.45) is 0 Å². The number of methoxy groups -OCH3 is 1. The van der Waals surface area contributed by atoms with Crippen molar-refractivity contribution >= 4 is 5.97 Å². The third-order valence-corrected chi connectivity index (χ3v) is 4.28. The van der Waals surface area contributed by atoms with Crippen molar-refractivity contribution in [2.75, 3.05) is 26.7 Å². The van der Waals surface area contributed by atoms with Gasteiger partial charge in [-0.1, -0.05) is 51.4 Å². The summed E-state index contributed by atoms with van der Waals surface area (Å²) >= 11 is 0. The molecule has 20 heavy (non-hydrogen) atoms. The van der Waals surface area contributed by atoms with E-state index in [0.29, 0.717) is 6.42 Å². The smallest absolute Gasteiger partial charge is 0.305 e. The molecule has 0 aromatic rings. The van der Waals surface area contributed by atoms with Crippen LogP contribution in [0.1, 0.15) is 77.0 Å². The number of hydrogen-bond acceptors (Lipinski definition) is 3. The predicted molar refractivity (Wildman–Crippen MR) is 83.9 cm³/mol. The van der Waals surface area contributed by atoms with E-state index in [0.717, 1.165) is 13.0 Å². The summed E-state index contributed by atoms with van der Waals surface area (Å²) in [5, 5.41) is 0. The van der Waals surface area contributed by atoms with E-state index in [9.17, 15) is 4.79 Å². The molecule has 0 bridgehead atoms. The normalized spacial score (nSPS) is 20.4. The van der Waals surface area contributed by atoms with Crippen LogP contribution in [-0.2, 0) is 9.53 Å². The molecule has 3 nitrogen and oxygen atoms in total. The lowest BCUT2D eigenvalue weighted by Gasteiger charge is -2.22. The Hall–Kier alpha value is -0.570. The number of esters is 1. The molecule has 0 N–H and O–H groups in total. The fraction of sp³-hybridized carbons (Fsp3) is 0.941. The molecule has 1 fully saturated rings. The lowest BCUT2D eigenvalue weighted by Crippen LogP contribution is -2.27. The van der Waals surface area contributed by atoms with Crippen LogP contribution in [0.5, 0.6) is 0 Å². The first-order valence-corrected chi connectivity index (χ1v) is 8.62. The van der Waals surface area contributed by atoms with Gasteiger partial charge in [0.05, 0.1) is 7.11 Å². The minimum absolute atomic E-state index is 0.0733. The summed E-state index contributed by atoms with van der Waals surface area (Å²) in [5.41, 5.74) is 0. The van der Waals surface area contributed by atoms with Crippen LogP contribution in [0, 0.1) is 0 Å². The molecule has 0 aromatic carbocycles. The average Bonchev–Trinajstić information content (AvgIpc) is 2.49. The van der Waals surface area contributed by atoms with Gasteiger partial charge in [0.1, 0.15) is 0 Å². The fourth-order valence-electron chi connectivity index (χ4n) is 2.97. The first-order valence-electron chi connectivity index (χ1n) is 8.62. The summed E-state index contributed by atoms with van der Waals surface area (Å²) in [5.74, 6) is -0.0733. The van der Waals surface area contributed by atoms with Crippen LogP contribution in [0.4, 0.5) is 0 Å². The Kier molecular flexibility index (Phi) is 10.7. The summed E-state index contributed by atoms with van der Waals surface area (Å²) in [7, 11) is 1.47. The molecule has 118 valence electrons. The fourth-order valence-corrected chi connectivity index (χ4v) is 2.97. The maximum Gasteiger partial charge on any atom is 0.305 e. The Morgan fingerprint density at radius 3 is 1.75 bits per heavy atom. The zero-order valence-electron chi connectivity index (χ0n) is 13.4. The van der Waals surface area contributed by atoms with Gasteiger partial charge < -0.3 is 9.64 Å². The van der Waals surface area contributed by atoms with Crippen molar-refractivity contribution in [3.05, 3.63) is 0 Å². The Balaban J connectivity index is 2.22. The van der Waals surface area contributed by atoms with Crippen molar-refractivity contribution < 1.29 is 9.53 Å². The molecular weight excluding hydrogens is 250 g/mol. The van der Waals surface area contributed by atoms with Crippen molar-refractivity contribution in [2.45, 2.75) is 77.0 Å². The lowest BCUT2D eigenvalue weighted by molar-refractivity contribution is -0.140. The molecule has 0 spiro atoms. The number of carbonyl (C=O) groups excluding carboxylic acids is 1. The number of carbonyl (C=O) groups is 1. The van der Waals surface area contributed by atoms with E-state index in [1.165, 1.54) is 84.4 Å². The molecule has 1 saturated heterocycles. The van der Waals surface area contributed by atoms with Crippen LogP contribution in [0.2, 0.25) is 0 Å². The maximum absolute atomic E-state index is 11.2. The topological polar surface area (TPSA) is 29.5 Å². The lowest BCUT2D eigenvalue weighted by atomic mass is 10.1. The van der Waals surface area contributed by atoms with Crippen molar-refractivity contribution in [3.8, 4) is 0 Å². The number of nitrogens with zero attached hydrogens (tertiary/aromatic N) is 1. The predicted octanol–water partition coefficient (Wildman–Crippen LogP) is 4.16. The van der Waals surface area contributed by atoms with Crippen LogP contribution in [0.3, 0.4) is 0 Å². The maximum atomic E-state index is 11.2. The quantitative estimate of drug-likeness (QED) is 0.726. The Morgan fingerprint density at radius 1 is 0.850 bits per heavy atom. The largest absolute Gasteiger partial charge is 0.469 e. The molecular formula is C17H33NO2. The number of hydrogen-bond donors (Lipinski definition) is 0. The third-order valence-electron chi connectivity index (χ3n) is 4.28. The van der Waals surface area contributed by atoms with E-state index >= 15 is 0 Å². The van der Waals surface area contributed by atoms with Gasteiger partial charge in [0.25, 0.3) is 0 Å². The second kappa shape index (κ2) is 12.2. The van der Waals surface area contributed by atoms with E-state index in [1.54, 1.807) is 0 Å². The van der Waals surface area contributed by atoms with E-state index in [-0.39, 0.29) is 5.97 Å². The molecule has 0 aliphatic carbocycles. The van der Waals surface area contributed by atoms with E-state index < -0.39 is 0 Å². The molecule has 0 saturated carbocycles. The molecule has 1 heterocycles. The van der Waals surface area contributed by atoms with Gasteiger partial charge in [-0.25, -0.2) is 0 Å². The summed E-state index contributed by atoms with van der Waals surface area (Å²) in [6.07, 6.45) is 15.4. The highest BCUT2D eigenvalue weighted by molar-refractivity contribution is 5.69. The number of ether oxygens (including phenoxy) is 1. The molecule has 1 aliphatic heterocycles. The van der Waals surface area contributed by atoms with Gasteiger partial charge in [-0.15, -0.1) is 0 Å². The van der Waals surface area contributed by atoms with Crippen molar-refractivity contribution in [1.29, 1.82) is 0 Å². The highest BCUT2D eigenvalue weighted by Crippen LogP contribution is 2.13. The van der Waals surface area contributed by atoms with Gasteiger partial charge in [-0.3, -0.25) is 4.79 Å². The zero-order valence-corrected chi connectivity index (χ0v) is 13.4. The SMILES string of the molecule is COC(=O)CCCN1CCCCCCCCCCCC1. The number of rotatable bonds is 4. The first kappa shape index (κ1) is 17.5. The van der Waals surface area contributed by atoms with E-state index in [1.807, 2.05) is 0 Å².